The molecule has 0 N–H and O–H groups in total. The molecule has 0 heterocycles. The van der Waals surface area contributed by atoms with Crippen LogP contribution in [-0.4, -0.2) is 6.18 Å². The van der Waals surface area contributed by atoms with Crippen LogP contribution in [0.15, 0.2) is 61.2 Å². The van der Waals surface area contributed by atoms with Gasteiger partial charge in [0.25, 0.3) is 0 Å². The van der Waals surface area contributed by atoms with Gasteiger partial charge in [0.1, 0.15) is 0 Å². The van der Waals surface area contributed by atoms with Crippen molar-refractivity contribution in [2.45, 2.75) is 6.18 Å². The van der Waals surface area contributed by atoms with Crippen molar-refractivity contribution < 1.29 is 13.2 Å². The molecule has 0 aromatic heterocycles. The number of allylic oxidation sites excluding steroid dienone is 1. The zero-order chi connectivity index (χ0) is 13.2. The Morgan fingerprint density at radius 2 is 1.44 bits per heavy atom. The minimum Gasteiger partial charge on any atom is -0.166 e. The van der Waals surface area contributed by atoms with Crippen molar-refractivity contribution in [3.63, 3.8) is 0 Å². The van der Waals surface area contributed by atoms with Crippen LogP contribution in [0.2, 0.25) is 0 Å². The Morgan fingerprint density at radius 3 is 2.06 bits per heavy atom. The lowest BCUT2D eigenvalue weighted by molar-refractivity contribution is -0.0686. The van der Waals surface area contributed by atoms with E-state index in [2.05, 4.69) is 6.58 Å². The quantitative estimate of drug-likeness (QED) is 0.707. The van der Waals surface area contributed by atoms with Gasteiger partial charge in [0.05, 0.1) is 5.57 Å². The smallest absolute Gasteiger partial charge is 0.166 e. The molecule has 92 valence electrons. The molecule has 0 bridgehead atoms. The Morgan fingerprint density at radius 1 is 0.833 bits per heavy atom. The third-order valence-corrected chi connectivity index (χ3v) is 2.66. The number of halogens is 3. The van der Waals surface area contributed by atoms with Crippen molar-refractivity contribution in [2.24, 2.45) is 0 Å². The van der Waals surface area contributed by atoms with E-state index in [4.69, 9.17) is 0 Å². The number of benzene rings is 2. The molecule has 0 spiro atoms. The van der Waals surface area contributed by atoms with Crippen LogP contribution in [-0.2, 0) is 0 Å². The highest BCUT2D eigenvalue weighted by Gasteiger charge is 2.32. The van der Waals surface area contributed by atoms with Crippen molar-refractivity contribution in [3.8, 4) is 11.1 Å². The summed E-state index contributed by atoms with van der Waals surface area (Å²) in [7, 11) is 0. The van der Waals surface area contributed by atoms with E-state index in [9.17, 15) is 13.2 Å². The molecule has 0 unspecified atom stereocenters. The van der Waals surface area contributed by atoms with Crippen molar-refractivity contribution in [1.82, 2.24) is 0 Å². The molecule has 2 aromatic carbocycles. The second-order valence-electron chi connectivity index (χ2n) is 3.92. The first-order chi connectivity index (χ1) is 8.48. The van der Waals surface area contributed by atoms with Gasteiger partial charge in [-0.15, -0.1) is 0 Å². The molecule has 0 nitrogen and oxygen atoms in total. The fraction of sp³-hybridized carbons (Fsp3) is 0.0667. The minimum absolute atomic E-state index is 0.101. The van der Waals surface area contributed by atoms with E-state index in [-0.39, 0.29) is 5.56 Å². The third-order valence-electron chi connectivity index (χ3n) is 2.66. The number of hydrogen-bond acceptors (Lipinski definition) is 0. The van der Waals surface area contributed by atoms with E-state index in [0.29, 0.717) is 0 Å². The first kappa shape index (κ1) is 12.4. The lowest BCUT2D eigenvalue weighted by Gasteiger charge is -2.11. The molecule has 18 heavy (non-hydrogen) atoms. The van der Waals surface area contributed by atoms with E-state index < -0.39 is 11.7 Å². The molecule has 0 radical (unpaired) electrons. The second kappa shape index (κ2) is 4.69. The summed E-state index contributed by atoms with van der Waals surface area (Å²) in [4.78, 5) is 0. The summed E-state index contributed by atoms with van der Waals surface area (Å²) < 4.78 is 37.7. The van der Waals surface area contributed by atoms with Gasteiger partial charge in [-0.2, -0.15) is 13.2 Å². The number of hydrogen-bond donors (Lipinski definition) is 0. The van der Waals surface area contributed by atoms with Gasteiger partial charge < -0.3 is 0 Å². The van der Waals surface area contributed by atoms with Gasteiger partial charge in [0, 0.05) is 0 Å². The summed E-state index contributed by atoms with van der Waals surface area (Å²) in [5.41, 5.74) is 0.914. The lowest BCUT2D eigenvalue weighted by Crippen LogP contribution is -2.09. The largest absolute Gasteiger partial charge is 0.416 e. The molecule has 0 fully saturated rings. The maximum absolute atomic E-state index is 12.6. The molecule has 2 aromatic rings. The second-order valence-corrected chi connectivity index (χ2v) is 3.92. The van der Waals surface area contributed by atoms with E-state index in [1.807, 2.05) is 30.3 Å². The van der Waals surface area contributed by atoms with E-state index in [1.54, 1.807) is 12.1 Å². The average Bonchev–Trinajstić information content (AvgIpc) is 2.38. The molecule has 0 saturated carbocycles. The van der Waals surface area contributed by atoms with Gasteiger partial charge in [0.2, 0.25) is 0 Å². The van der Waals surface area contributed by atoms with Crippen LogP contribution in [0.1, 0.15) is 5.56 Å². The predicted octanol–water partition coefficient (Wildman–Crippen LogP) is 4.93. The fourth-order valence-corrected chi connectivity index (χ4v) is 1.68. The summed E-state index contributed by atoms with van der Waals surface area (Å²) in [6.45, 7) is 3.11. The van der Waals surface area contributed by atoms with Crippen molar-refractivity contribution in [3.05, 3.63) is 66.7 Å². The summed E-state index contributed by atoms with van der Waals surface area (Å²) in [6, 6.07) is 15.6. The van der Waals surface area contributed by atoms with Crippen molar-refractivity contribution >= 4 is 5.57 Å². The Labute approximate surface area is 103 Å². The highest BCUT2D eigenvalue weighted by molar-refractivity contribution is 5.73. The molecular formula is C15H11F3. The van der Waals surface area contributed by atoms with E-state index in [0.717, 1.165) is 11.1 Å². The molecule has 0 aliphatic heterocycles. The molecule has 0 aliphatic carbocycles. The van der Waals surface area contributed by atoms with E-state index >= 15 is 0 Å². The average molecular weight is 248 g/mol. The summed E-state index contributed by atoms with van der Waals surface area (Å²) in [6.07, 6.45) is -4.39. The summed E-state index contributed by atoms with van der Waals surface area (Å²) in [5.74, 6) is 0. The van der Waals surface area contributed by atoms with Crippen molar-refractivity contribution in [1.29, 1.82) is 0 Å². The minimum atomic E-state index is -4.39. The van der Waals surface area contributed by atoms with Crippen LogP contribution in [0.5, 0.6) is 0 Å². The van der Waals surface area contributed by atoms with Gasteiger partial charge in [-0.05, 0) is 22.8 Å². The van der Waals surface area contributed by atoms with E-state index in [1.165, 1.54) is 12.1 Å². The molecule has 0 atom stereocenters. The maximum atomic E-state index is 12.6. The Kier molecular flexibility index (Phi) is 3.24. The molecule has 3 heteroatoms. The normalized spacial score (nSPS) is 11.3. The standard InChI is InChI=1S/C15H11F3/c1-11(15(16,17)18)13-8-5-9-14(10-13)12-6-3-2-4-7-12/h2-10H,1H2. The SMILES string of the molecule is C=C(c1cccc(-c2ccccc2)c1)C(F)(F)F. The molecule has 0 aliphatic rings. The molecule has 0 amide bonds. The van der Waals surface area contributed by atoms with Crippen LogP contribution in [0.25, 0.3) is 16.7 Å². The third kappa shape index (κ3) is 2.62. The summed E-state index contributed by atoms with van der Waals surface area (Å²) in [5, 5.41) is 0. The van der Waals surface area contributed by atoms with Crippen LogP contribution >= 0.6 is 0 Å². The first-order valence-electron chi connectivity index (χ1n) is 5.40. The van der Waals surface area contributed by atoms with Gasteiger partial charge in [-0.25, -0.2) is 0 Å². The van der Waals surface area contributed by atoms with Crippen LogP contribution < -0.4 is 0 Å². The van der Waals surface area contributed by atoms with Gasteiger partial charge >= 0.3 is 6.18 Å². The molecule has 0 saturated heterocycles. The number of rotatable bonds is 2. The van der Waals surface area contributed by atoms with Crippen LogP contribution in [0.3, 0.4) is 0 Å². The topological polar surface area (TPSA) is 0 Å². The highest BCUT2D eigenvalue weighted by atomic mass is 19.4. The lowest BCUT2D eigenvalue weighted by atomic mass is 10.00. The van der Waals surface area contributed by atoms with Gasteiger partial charge in [0.15, 0.2) is 0 Å². The maximum Gasteiger partial charge on any atom is 0.416 e. The monoisotopic (exact) mass is 248 g/mol. The van der Waals surface area contributed by atoms with Gasteiger partial charge in [-0.3, -0.25) is 0 Å². The Balaban J connectivity index is 2.41. The number of alkyl halides is 3. The first-order valence-corrected chi connectivity index (χ1v) is 5.40. The predicted molar refractivity (Wildman–Crippen MR) is 67.0 cm³/mol. The Hall–Kier alpha value is -2.03. The van der Waals surface area contributed by atoms with Gasteiger partial charge in [-0.1, -0.05) is 55.1 Å². The zero-order valence-electron chi connectivity index (χ0n) is 9.54. The fourth-order valence-electron chi connectivity index (χ4n) is 1.68. The summed E-state index contributed by atoms with van der Waals surface area (Å²) >= 11 is 0. The zero-order valence-corrected chi connectivity index (χ0v) is 9.54. The molecular weight excluding hydrogens is 237 g/mol. The van der Waals surface area contributed by atoms with Crippen LogP contribution in [0.4, 0.5) is 13.2 Å². The Bertz CT molecular complexity index is 553. The van der Waals surface area contributed by atoms with Crippen molar-refractivity contribution in [2.75, 3.05) is 0 Å². The van der Waals surface area contributed by atoms with Crippen LogP contribution in [0, 0.1) is 0 Å². The highest BCUT2D eigenvalue weighted by Crippen LogP contribution is 2.33. The molecule has 2 rings (SSSR count).